The molecule has 0 aliphatic carbocycles. The predicted molar refractivity (Wildman–Crippen MR) is 57.1 cm³/mol. The van der Waals surface area contributed by atoms with Gasteiger partial charge in [0, 0.05) is 12.3 Å². The van der Waals surface area contributed by atoms with Crippen molar-refractivity contribution >= 4 is 11.8 Å². The minimum Gasteiger partial charge on any atom is -0.464 e. The molecule has 0 aliphatic heterocycles. The molecule has 0 unspecified atom stereocenters. The molecule has 6 heteroatoms. The summed E-state index contributed by atoms with van der Waals surface area (Å²) in [4.78, 5) is 15.3. The van der Waals surface area contributed by atoms with E-state index < -0.39 is 5.97 Å². The molecule has 2 N–H and O–H groups in total. The van der Waals surface area contributed by atoms with Crippen molar-refractivity contribution in [2.75, 3.05) is 12.8 Å². The molecule has 0 radical (unpaired) electrons. The normalized spacial score (nSPS) is 10.1. The van der Waals surface area contributed by atoms with Crippen LogP contribution in [0.5, 0.6) is 0 Å². The number of hydrogen-bond acceptors (Lipinski definition) is 5. The second-order valence-electron chi connectivity index (χ2n) is 3.05. The third-order valence-electron chi connectivity index (χ3n) is 2.00. The second-order valence-corrected chi connectivity index (χ2v) is 3.05. The van der Waals surface area contributed by atoms with Crippen molar-refractivity contribution in [3.05, 3.63) is 36.2 Å². The molecule has 16 heavy (non-hydrogen) atoms. The Morgan fingerprint density at radius 2 is 2.31 bits per heavy atom. The van der Waals surface area contributed by atoms with E-state index in [4.69, 9.17) is 5.73 Å². The van der Waals surface area contributed by atoms with Crippen LogP contribution in [0.1, 0.15) is 10.5 Å². The molecule has 2 aromatic heterocycles. The van der Waals surface area contributed by atoms with Gasteiger partial charge < -0.3 is 10.5 Å². The lowest BCUT2D eigenvalue weighted by atomic mass is 10.4. The quantitative estimate of drug-likeness (QED) is 0.748. The first kappa shape index (κ1) is 10.2. The van der Waals surface area contributed by atoms with Gasteiger partial charge in [-0.05, 0) is 12.1 Å². The highest BCUT2D eigenvalue weighted by Gasteiger charge is 2.14. The Balaban J connectivity index is 2.44. The highest BCUT2D eigenvalue weighted by molar-refractivity contribution is 5.88. The number of pyridine rings is 1. The highest BCUT2D eigenvalue weighted by atomic mass is 16.5. The van der Waals surface area contributed by atoms with Crippen molar-refractivity contribution < 1.29 is 9.53 Å². The molecule has 0 saturated heterocycles. The zero-order valence-corrected chi connectivity index (χ0v) is 8.62. The van der Waals surface area contributed by atoms with Gasteiger partial charge in [0.25, 0.3) is 0 Å². The zero-order chi connectivity index (χ0) is 11.5. The first-order chi connectivity index (χ1) is 7.72. The van der Waals surface area contributed by atoms with E-state index in [0.717, 1.165) is 0 Å². The summed E-state index contributed by atoms with van der Waals surface area (Å²) in [7, 11) is 1.29. The molecule has 6 nitrogen and oxygen atoms in total. The average Bonchev–Trinajstić information content (AvgIpc) is 2.71. The van der Waals surface area contributed by atoms with Crippen molar-refractivity contribution in [1.29, 1.82) is 0 Å². The molecule has 2 aromatic rings. The smallest absolute Gasteiger partial charge is 0.358 e. The largest absolute Gasteiger partial charge is 0.464 e. The van der Waals surface area contributed by atoms with Crippen LogP contribution in [0.15, 0.2) is 30.5 Å². The van der Waals surface area contributed by atoms with Crippen molar-refractivity contribution in [1.82, 2.24) is 14.8 Å². The molecule has 0 atom stereocenters. The van der Waals surface area contributed by atoms with Crippen LogP contribution >= 0.6 is 0 Å². The molecule has 0 amide bonds. The third kappa shape index (κ3) is 1.72. The third-order valence-corrected chi connectivity index (χ3v) is 2.00. The Morgan fingerprint density at radius 1 is 1.50 bits per heavy atom. The first-order valence-electron chi connectivity index (χ1n) is 4.57. The van der Waals surface area contributed by atoms with Gasteiger partial charge in [0.1, 0.15) is 5.82 Å². The van der Waals surface area contributed by atoms with Crippen LogP contribution in [-0.2, 0) is 4.74 Å². The van der Waals surface area contributed by atoms with Crippen LogP contribution in [0, 0.1) is 0 Å². The van der Waals surface area contributed by atoms with Gasteiger partial charge in [-0.1, -0.05) is 6.07 Å². The van der Waals surface area contributed by atoms with Crippen LogP contribution in [0.25, 0.3) is 5.82 Å². The van der Waals surface area contributed by atoms with Crippen LogP contribution in [0.4, 0.5) is 5.82 Å². The Morgan fingerprint density at radius 3 is 2.94 bits per heavy atom. The van der Waals surface area contributed by atoms with Crippen molar-refractivity contribution in [3.8, 4) is 5.82 Å². The fourth-order valence-electron chi connectivity index (χ4n) is 1.26. The molecule has 0 bridgehead atoms. The van der Waals surface area contributed by atoms with E-state index in [9.17, 15) is 4.79 Å². The number of hydrogen-bond donors (Lipinski definition) is 1. The van der Waals surface area contributed by atoms with E-state index in [-0.39, 0.29) is 5.69 Å². The predicted octanol–water partition coefficient (Wildman–Crippen LogP) is 0.636. The van der Waals surface area contributed by atoms with Gasteiger partial charge in [0.2, 0.25) is 0 Å². The van der Waals surface area contributed by atoms with Gasteiger partial charge in [-0.2, -0.15) is 9.78 Å². The number of methoxy groups -OCH3 is 1. The zero-order valence-electron chi connectivity index (χ0n) is 8.62. The maximum atomic E-state index is 11.2. The Kier molecular flexibility index (Phi) is 2.55. The number of esters is 1. The summed E-state index contributed by atoms with van der Waals surface area (Å²) in [5.74, 6) is 0.357. The SMILES string of the molecule is COC(=O)c1cc(N)n(-c2ccccn2)n1. The number of nitrogens with zero attached hydrogens (tertiary/aromatic N) is 3. The Bertz CT molecular complexity index is 507. The van der Waals surface area contributed by atoms with Crippen molar-refractivity contribution in [2.45, 2.75) is 0 Å². The number of nitrogen functional groups attached to an aromatic ring is 1. The monoisotopic (exact) mass is 218 g/mol. The maximum absolute atomic E-state index is 11.2. The number of anilines is 1. The number of carbonyl (C=O) groups is 1. The van der Waals surface area contributed by atoms with Gasteiger partial charge in [-0.15, -0.1) is 0 Å². The lowest BCUT2D eigenvalue weighted by Gasteiger charge is -2.00. The topological polar surface area (TPSA) is 83.0 Å². The molecule has 2 heterocycles. The van der Waals surface area contributed by atoms with E-state index in [0.29, 0.717) is 11.6 Å². The van der Waals surface area contributed by atoms with Crippen molar-refractivity contribution in [2.24, 2.45) is 0 Å². The molecule has 0 fully saturated rings. The van der Waals surface area contributed by atoms with Gasteiger partial charge in [0.15, 0.2) is 11.5 Å². The van der Waals surface area contributed by atoms with Crippen LogP contribution in [0.2, 0.25) is 0 Å². The van der Waals surface area contributed by atoms with Gasteiger partial charge >= 0.3 is 5.97 Å². The molecule has 2 rings (SSSR count). The molecule has 0 aromatic carbocycles. The van der Waals surface area contributed by atoms with Gasteiger partial charge in [-0.25, -0.2) is 9.78 Å². The standard InChI is InChI=1S/C10H10N4O2/c1-16-10(15)7-6-8(11)14(13-7)9-4-2-3-5-12-9/h2-6H,11H2,1H3. The molecule has 0 saturated carbocycles. The molecule has 0 aliphatic rings. The summed E-state index contributed by atoms with van der Waals surface area (Å²) in [6, 6.07) is 6.77. The first-order valence-corrected chi connectivity index (χ1v) is 4.57. The number of rotatable bonds is 2. The number of carbonyl (C=O) groups excluding carboxylic acids is 1. The van der Waals surface area contributed by atoms with E-state index in [2.05, 4.69) is 14.8 Å². The maximum Gasteiger partial charge on any atom is 0.358 e. The fourth-order valence-corrected chi connectivity index (χ4v) is 1.26. The molecular formula is C10H10N4O2. The summed E-state index contributed by atoms with van der Waals surface area (Å²) in [5.41, 5.74) is 5.88. The van der Waals surface area contributed by atoms with Crippen LogP contribution in [-0.4, -0.2) is 27.8 Å². The number of nitrogens with two attached hydrogens (primary N) is 1. The summed E-state index contributed by atoms with van der Waals surface area (Å²) in [6.07, 6.45) is 1.62. The average molecular weight is 218 g/mol. The number of aromatic nitrogens is 3. The van der Waals surface area contributed by atoms with Crippen LogP contribution < -0.4 is 5.73 Å². The summed E-state index contributed by atoms with van der Waals surface area (Å²) >= 11 is 0. The minimum absolute atomic E-state index is 0.158. The fraction of sp³-hybridized carbons (Fsp3) is 0.100. The van der Waals surface area contributed by atoms with E-state index in [1.165, 1.54) is 17.9 Å². The Labute approximate surface area is 91.7 Å². The van der Waals surface area contributed by atoms with Gasteiger partial charge in [0.05, 0.1) is 7.11 Å². The second kappa shape index (κ2) is 4.01. The summed E-state index contributed by atoms with van der Waals surface area (Å²) in [6.45, 7) is 0. The minimum atomic E-state index is -0.526. The number of ether oxygens (including phenoxy) is 1. The van der Waals surface area contributed by atoms with Crippen molar-refractivity contribution in [3.63, 3.8) is 0 Å². The molecule has 82 valence electrons. The van der Waals surface area contributed by atoms with E-state index in [1.54, 1.807) is 24.4 Å². The van der Waals surface area contributed by atoms with E-state index >= 15 is 0 Å². The summed E-state index contributed by atoms with van der Waals surface area (Å²) < 4.78 is 5.93. The molecular weight excluding hydrogens is 208 g/mol. The lowest BCUT2D eigenvalue weighted by molar-refractivity contribution is 0.0593. The molecule has 0 spiro atoms. The highest BCUT2D eigenvalue weighted by Crippen LogP contribution is 2.12. The Hall–Kier alpha value is -2.37. The summed E-state index contributed by atoms with van der Waals surface area (Å²) in [5, 5.41) is 4.01. The van der Waals surface area contributed by atoms with E-state index in [1.807, 2.05) is 0 Å². The lowest BCUT2D eigenvalue weighted by Crippen LogP contribution is -2.06. The van der Waals surface area contributed by atoms with Crippen LogP contribution in [0.3, 0.4) is 0 Å². The van der Waals surface area contributed by atoms with Gasteiger partial charge in [-0.3, -0.25) is 0 Å².